The molecule has 8 nitrogen and oxygen atoms in total. The molecule has 0 heterocycles. The van der Waals surface area contributed by atoms with Crippen molar-refractivity contribution in [3.05, 3.63) is 0 Å². The molecule has 0 aliphatic carbocycles. The van der Waals surface area contributed by atoms with Gasteiger partial charge in [-0.15, -0.1) is 0 Å². The molecule has 1 atom stereocenters. The van der Waals surface area contributed by atoms with E-state index in [2.05, 4.69) is 6.92 Å². The molecule has 0 radical (unpaired) electrons. The van der Waals surface area contributed by atoms with Gasteiger partial charge in [0, 0.05) is 6.42 Å². The van der Waals surface area contributed by atoms with Crippen LogP contribution in [0.3, 0.4) is 0 Å². The number of hydrogen-bond donors (Lipinski definition) is 0. The topological polar surface area (TPSA) is 113 Å². The number of unbranched alkanes of at least 4 members (excludes halogenated alkanes) is 12. The predicted octanol–water partition coefficient (Wildman–Crippen LogP) is 5.42. The Bertz CT molecular complexity index is 629. The van der Waals surface area contributed by atoms with Crippen LogP contribution in [0.2, 0.25) is 0 Å². The summed E-state index contributed by atoms with van der Waals surface area (Å²) in [7, 11) is 0. The number of carbonyl (C=O) groups excluding carboxylic acids is 5. The highest BCUT2D eigenvalue weighted by Gasteiger charge is 2.20. The van der Waals surface area contributed by atoms with E-state index in [0.717, 1.165) is 19.3 Å². The van der Waals surface area contributed by atoms with Gasteiger partial charge in [-0.25, -0.2) is 0 Å². The minimum absolute atomic E-state index is 0.260. The molecular formula is C27H46O8. The van der Waals surface area contributed by atoms with Crippen LogP contribution >= 0.6 is 0 Å². The zero-order valence-corrected chi connectivity index (χ0v) is 22.1. The van der Waals surface area contributed by atoms with Gasteiger partial charge in [-0.3, -0.25) is 24.0 Å². The summed E-state index contributed by atoms with van der Waals surface area (Å²) in [4.78, 5) is 57.4. The third-order valence-electron chi connectivity index (χ3n) is 5.43. The smallest absolute Gasteiger partial charge is 0.313 e. The van der Waals surface area contributed by atoms with Crippen molar-refractivity contribution >= 4 is 29.5 Å². The summed E-state index contributed by atoms with van der Waals surface area (Å²) >= 11 is 0. The van der Waals surface area contributed by atoms with Gasteiger partial charge in [-0.1, -0.05) is 84.0 Å². The zero-order chi connectivity index (χ0) is 26.3. The lowest BCUT2D eigenvalue weighted by Crippen LogP contribution is -2.31. The summed E-state index contributed by atoms with van der Waals surface area (Å²) in [6.45, 7) is 4.09. The molecular weight excluding hydrogens is 452 g/mol. The number of carbonyl (C=O) groups is 5. The van der Waals surface area contributed by atoms with Crippen LogP contribution in [0.1, 0.15) is 124 Å². The summed E-state index contributed by atoms with van der Waals surface area (Å²) in [5.74, 6) is -2.71. The van der Waals surface area contributed by atoms with E-state index in [1.807, 2.05) is 0 Å². The Balaban J connectivity index is 4.00. The predicted molar refractivity (Wildman–Crippen MR) is 133 cm³/mol. The van der Waals surface area contributed by atoms with Crippen LogP contribution in [0.15, 0.2) is 0 Å². The highest BCUT2D eigenvalue weighted by molar-refractivity contribution is 5.94. The van der Waals surface area contributed by atoms with Crippen molar-refractivity contribution in [1.82, 2.24) is 0 Å². The number of ketones is 2. The molecule has 0 aliphatic rings. The minimum atomic E-state index is -1.03. The van der Waals surface area contributed by atoms with Gasteiger partial charge in [0.1, 0.15) is 37.6 Å². The summed E-state index contributed by atoms with van der Waals surface area (Å²) in [5, 5.41) is 0. The molecule has 0 spiro atoms. The van der Waals surface area contributed by atoms with Crippen molar-refractivity contribution < 1.29 is 38.2 Å². The van der Waals surface area contributed by atoms with Crippen LogP contribution < -0.4 is 0 Å². The second-order valence-corrected chi connectivity index (χ2v) is 9.23. The van der Waals surface area contributed by atoms with E-state index in [0.29, 0.717) is 0 Å². The molecule has 202 valence electrons. The Morgan fingerprint density at radius 1 is 0.543 bits per heavy atom. The van der Waals surface area contributed by atoms with Crippen LogP contribution in [0, 0.1) is 0 Å². The molecule has 0 aromatic heterocycles. The Morgan fingerprint density at radius 2 is 0.943 bits per heavy atom. The van der Waals surface area contributed by atoms with E-state index >= 15 is 0 Å². The number of rotatable bonds is 23. The molecule has 0 amide bonds. The fraction of sp³-hybridized carbons (Fsp3) is 0.815. The maximum atomic E-state index is 12.0. The second-order valence-electron chi connectivity index (χ2n) is 9.23. The van der Waals surface area contributed by atoms with Gasteiger partial charge in [-0.2, -0.15) is 0 Å². The zero-order valence-electron chi connectivity index (χ0n) is 22.1. The minimum Gasteiger partial charge on any atom is -0.462 e. The lowest BCUT2D eigenvalue weighted by molar-refractivity contribution is -0.167. The SMILES string of the molecule is CCCCCCCCCCCCCCCC(=O)OCC(COC(=O)CC(C)=O)OC(=O)CC(C)=O. The van der Waals surface area contributed by atoms with E-state index in [4.69, 9.17) is 14.2 Å². The standard InChI is InChI=1S/C27H46O8/c1-4-5-6-7-8-9-10-11-12-13-14-15-16-17-25(30)33-20-24(35-27(32)19-23(3)29)21-34-26(31)18-22(2)28/h24H,4-21H2,1-3H3. The molecule has 0 bridgehead atoms. The molecule has 0 saturated heterocycles. The molecule has 0 rings (SSSR count). The van der Waals surface area contributed by atoms with Gasteiger partial charge in [0.25, 0.3) is 0 Å². The van der Waals surface area contributed by atoms with E-state index in [1.54, 1.807) is 0 Å². The van der Waals surface area contributed by atoms with E-state index in [1.165, 1.54) is 78.1 Å². The van der Waals surface area contributed by atoms with Crippen LogP contribution in [0.4, 0.5) is 0 Å². The fourth-order valence-electron chi connectivity index (χ4n) is 3.53. The highest BCUT2D eigenvalue weighted by Crippen LogP contribution is 2.13. The fourth-order valence-corrected chi connectivity index (χ4v) is 3.53. The third-order valence-corrected chi connectivity index (χ3v) is 5.43. The van der Waals surface area contributed by atoms with Crippen molar-refractivity contribution in [3.63, 3.8) is 0 Å². The second kappa shape index (κ2) is 22.2. The van der Waals surface area contributed by atoms with Crippen LogP contribution in [-0.4, -0.2) is 48.8 Å². The first-order chi connectivity index (χ1) is 16.7. The molecule has 0 fully saturated rings. The average molecular weight is 499 g/mol. The summed E-state index contributed by atoms with van der Waals surface area (Å²) in [5.41, 5.74) is 0. The first-order valence-electron chi connectivity index (χ1n) is 13.2. The lowest BCUT2D eigenvalue weighted by Gasteiger charge is -2.17. The number of ether oxygens (including phenoxy) is 3. The van der Waals surface area contributed by atoms with Crippen molar-refractivity contribution in [3.8, 4) is 0 Å². The number of Topliss-reactive ketones (excluding diaryl/α,β-unsaturated/α-hetero) is 2. The maximum absolute atomic E-state index is 12.0. The molecule has 0 saturated carbocycles. The quantitative estimate of drug-likeness (QED) is 0.0794. The Kier molecular flexibility index (Phi) is 20.8. The molecule has 0 aromatic rings. The van der Waals surface area contributed by atoms with Gasteiger partial charge >= 0.3 is 17.9 Å². The number of hydrogen-bond acceptors (Lipinski definition) is 8. The maximum Gasteiger partial charge on any atom is 0.313 e. The van der Waals surface area contributed by atoms with Gasteiger partial charge in [0.05, 0.1) is 0 Å². The summed E-state index contributed by atoms with van der Waals surface area (Å²) < 4.78 is 15.2. The molecule has 8 heteroatoms. The Hall–Kier alpha value is -2.25. The Labute approximate surface area is 210 Å². The van der Waals surface area contributed by atoms with Crippen molar-refractivity contribution in [2.24, 2.45) is 0 Å². The summed E-state index contributed by atoms with van der Waals surface area (Å²) in [6, 6.07) is 0. The van der Waals surface area contributed by atoms with Gasteiger partial charge in [-0.05, 0) is 20.3 Å². The van der Waals surface area contributed by atoms with E-state index < -0.39 is 36.9 Å². The monoisotopic (exact) mass is 498 g/mol. The summed E-state index contributed by atoms with van der Waals surface area (Å²) in [6.07, 6.45) is 14.2. The third kappa shape index (κ3) is 23.3. The first kappa shape index (κ1) is 32.8. The normalized spacial score (nSPS) is 11.5. The van der Waals surface area contributed by atoms with Crippen molar-refractivity contribution in [1.29, 1.82) is 0 Å². The molecule has 0 aromatic carbocycles. The van der Waals surface area contributed by atoms with Crippen molar-refractivity contribution in [2.75, 3.05) is 13.2 Å². The van der Waals surface area contributed by atoms with E-state index in [-0.39, 0.29) is 31.2 Å². The molecule has 0 N–H and O–H groups in total. The highest BCUT2D eigenvalue weighted by atomic mass is 16.6. The molecule has 0 aliphatic heterocycles. The lowest BCUT2D eigenvalue weighted by atomic mass is 10.0. The average Bonchev–Trinajstić information content (AvgIpc) is 2.77. The van der Waals surface area contributed by atoms with Crippen LogP contribution in [0.5, 0.6) is 0 Å². The van der Waals surface area contributed by atoms with Gasteiger partial charge in [0.2, 0.25) is 0 Å². The van der Waals surface area contributed by atoms with Crippen LogP contribution in [-0.2, 0) is 38.2 Å². The number of esters is 3. The largest absolute Gasteiger partial charge is 0.462 e. The Morgan fingerprint density at radius 3 is 1.40 bits per heavy atom. The van der Waals surface area contributed by atoms with Gasteiger partial charge < -0.3 is 14.2 Å². The molecule has 1 unspecified atom stereocenters. The molecule has 35 heavy (non-hydrogen) atoms. The van der Waals surface area contributed by atoms with E-state index in [9.17, 15) is 24.0 Å². The van der Waals surface area contributed by atoms with Gasteiger partial charge in [0.15, 0.2) is 6.10 Å². The van der Waals surface area contributed by atoms with Crippen LogP contribution in [0.25, 0.3) is 0 Å². The van der Waals surface area contributed by atoms with Crippen molar-refractivity contribution in [2.45, 2.75) is 130 Å². The first-order valence-corrected chi connectivity index (χ1v) is 13.2.